The average Bonchev–Trinajstić information content (AvgIpc) is 2.94. The molecule has 2 N–H and O–H groups in total. The Hall–Kier alpha value is -3.48. The van der Waals surface area contributed by atoms with Gasteiger partial charge in [0.1, 0.15) is 11.5 Å². The zero-order chi connectivity index (χ0) is 28.7. The van der Waals surface area contributed by atoms with Gasteiger partial charge < -0.3 is 10.2 Å². The molecule has 2 unspecified atom stereocenters. The topological polar surface area (TPSA) is 74.6 Å². The van der Waals surface area contributed by atoms with Crippen molar-refractivity contribution in [2.75, 3.05) is 11.5 Å². The second-order valence-corrected chi connectivity index (χ2v) is 13.0. The molecule has 6 rings (SSSR count). The number of fused-ring (bicyclic) bond motifs is 2. The third kappa shape index (κ3) is 5.18. The lowest BCUT2D eigenvalue weighted by molar-refractivity contribution is 0.0899. The fraction of sp³-hybridized carbons (Fsp3) is 0.235. The van der Waals surface area contributed by atoms with Crippen molar-refractivity contribution in [1.29, 1.82) is 0 Å². The summed E-state index contributed by atoms with van der Waals surface area (Å²) in [7, 11) is 0. The first-order valence-electron chi connectivity index (χ1n) is 13.2. The average molecular weight is 569 g/mol. The third-order valence-corrected chi connectivity index (χ3v) is 10.6. The lowest BCUT2D eigenvalue weighted by atomic mass is 9.77. The molecule has 2 aliphatic rings. The van der Waals surface area contributed by atoms with E-state index < -0.39 is 10.8 Å². The first kappa shape index (κ1) is 28.1. The van der Waals surface area contributed by atoms with Gasteiger partial charge in [-0.05, 0) is 86.8 Å². The first-order valence-corrected chi connectivity index (χ1v) is 15.1. The molecule has 0 amide bonds. The second-order valence-electron chi connectivity index (χ2n) is 11.0. The van der Waals surface area contributed by atoms with Gasteiger partial charge in [-0.1, -0.05) is 48.0 Å². The summed E-state index contributed by atoms with van der Waals surface area (Å²) in [5, 5.41) is 18.9. The van der Waals surface area contributed by atoms with Crippen LogP contribution in [0.3, 0.4) is 0 Å². The van der Waals surface area contributed by atoms with E-state index in [1.165, 1.54) is 11.1 Å². The largest absolute Gasteiger partial charge is 0.508 e. The molecular weight excluding hydrogens is 537 g/mol. The van der Waals surface area contributed by atoms with E-state index in [0.717, 1.165) is 32.2 Å². The molecule has 2 heterocycles. The smallest absolute Gasteiger partial charge is 0.175 e. The van der Waals surface area contributed by atoms with Crippen LogP contribution in [0.1, 0.15) is 56.8 Å². The van der Waals surface area contributed by atoms with Gasteiger partial charge in [0.25, 0.3) is 0 Å². The molecule has 0 saturated heterocycles. The van der Waals surface area contributed by atoms with Gasteiger partial charge in [0, 0.05) is 32.4 Å². The van der Waals surface area contributed by atoms with Crippen molar-refractivity contribution < 1.29 is 19.8 Å². The predicted octanol–water partition coefficient (Wildman–Crippen LogP) is 7.89. The van der Waals surface area contributed by atoms with Crippen molar-refractivity contribution in [3.63, 3.8) is 0 Å². The molecule has 0 aromatic heterocycles. The highest BCUT2D eigenvalue weighted by Gasteiger charge is 2.41. The number of phenols is 2. The number of phenolic OH excluding ortho intramolecular Hbond substituents is 2. The van der Waals surface area contributed by atoms with E-state index in [4.69, 9.17) is 0 Å². The summed E-state index contributed by atoms with van der Waals surface area (Å²) in [6.07, 6.45) is 0. The summed E-state index contributed by atoms with van der Waals surface area (Å²) in [5.74, 6) is 2.10. The number of thioether (sulfide) groups is 2. The number of benzene rings is 4. The summed E-state index contributed by atoms with van der Waals surface area (Å²) in [5.41, 5.74) is 4.94. The molecule has 204 valence electrons. The minimum absolute atomic E-state index is 0.0527. The van der Waals surface area contributed by atoms with Crippen molar-refractivity contribution in [2.45, 2.75) is 48.3 Å². The van der Waals surface area contributed by atoms with E-state index in [0.29, 0.717) is 11.3 Å². The molecule has 2 atom stereocenters. The maximum atomic E-state index is 12.9. The number of Topliss-reactive ketones (excluding diaryl/α,β-unsaturated/α-hetero) is 2. The van der Waals surface area contributed by atoms with Crippen LogP contribution in [0.25, 0.3) is 0 Å². The molecule has 0 radical (unpaired) electrons. The van der Waals surface area contributed by atoms with Crippen molar-refractivity contribution >= 4 is 35.1 Å². The number of rotatable bonds is 2. The summed E-state index contributed by atoms with van der Waals surface area (Å²) in [6.45, 7) is 8.13. The summed E-state index contributed by atoms with van der Waals surface area (Å²) in [4.78, 5) is 27.6. The molecule has 0 saturated carbocycles. The lowest BCUT2D eigenvalue weighted by Crippen LogP contribution is -2.38. The van der Waals surface area contributed by atoms with Crippen LogP contribution < -0.4 is 0 Å². The molecule has 0 bridgehead atoms. The van der Waals surface area contributed by atoms with Gasteiger partial charge in [0.2, 0.25) is 0 Å². The fourth-order valence-corrected chi connectivity index (χ4v) is 7.69. The molecule has 4 nitrogen and oxygen atoms in total. The normalized spacial score (nSPS) is 21.6. The molecule has 2 aliphatic heterocycles. The minimum Gasteiger partial charge on any atom is -0.508 e. The van der Waals surface area contributed by atoms with E-state index >= 15 is 0 Å². The van der Waals surface area contributed by atoms with E-state index in [-0.39, 0.29) is 23.1 Å². The van der Waals surface area contributed by atoms with E-state index in [9.17, 15) is 19.8 Å². The van der Waals surface area contributed by atoms with Crippen molar-refractivity contribution in [1.82, 2.24) is 0 Å². The van der Waals surface area contributed by atoms with Crippen LogP contribution in [0.4, 0.5) is 0 Å². The number of hydrogen-bond acceptors (Lipinski definition) is 6. The number of aromatic hydroxyl groups is 2. The number of hydrogen-bond donors (Lipinski definition) is 2. The molecule has 0 aliphatic carbocycles. The Morgan fingerprint density at radius 3 is 1.55 bits per heavy atom. The summed E-state index contributed by atoms with van der Waals surface area (Å²) in [6, 6.07) is 26.1. The minimum atomic E-state index is -0.609. The van der Waals surface area contributed by atoms with Gasteiger partial charge in [0.05, 0.1) is 10.8 Å². The van der Waals surface area contributed by atoms with E-state index in [2.05, 4.69) is 51.1 Å². The Morgan fingerprint density at radius 2 is 1.00 bits per heavy atom. The van der Waals surface area contributed by atoms with Crippen LogP contribution in [0, 0.1) is 13.8 Å². The van der Waals surface area contributed by atoms with Crippen molar-refractivity contribution in [3.8, 4) is 11.5 Å². The van der Waals surface area contributed by atoms with E-state index in [1.807, 2.05) is 19.1 Å². The first-order chi connectivity index (χ1) is 19.0. The monoisotopic (exact) mass is 568 g/mol. The van der Waals surface area contributed by atoms with Crippen LogP contribution in [-0.2, 0) is 10.8 Å². The van der Waals surface area contributed by atoms with Crippen LogP contribution in [0.5, 0.6) is 11.5 Å². The number of aryl methyl sites for hydroxylation is 2. The third-order valence-electron chi connectivity index (χ3n) is 7.82. The Labute approximate surface area is 243 Å². The van der Waals surface area contributed by atoms with Gasteiger partial charge in [-0.2, -0.15) is 0 Å². The molecule has 0 fully saturated rings. The zero-order valence-electron chi connectivity index (χ0n) is 23.0. The molecular formula is C34H32O4S2. The van der Waals surface area contributed by atoms with Gasteiger partial charge in [-0.3, -0.25) is 9.59 Å². The standard InChI is InChI=1S/C18H18OS.C16H14O3S/c1-12-4-7-14(8-5-12)18(3)11-20-16-10-13(2)6-9-15(16)17(18)19;1-16(10-2-4-11(17)5-3-10)9-20-14-8-12(18)6-7-13(14)15(16)19/h4-10H,11H2,1-3H3;2-8,17-18H,9H2,1H3. The van der Waals surface area contributed by atoms with Gasteiger partial charge in [-0.25, -0.2) is 0 Å². The maximum absolute atomic E-state index is 12.9. The molecule has 4 aromatic carbocycles. The molecule has 40 heavy (non-hydrogen) atoms. The Morgan fingerprint density at radius 1 is 0.575 bits per heavy atom. The fourth-order valence-electron chi connectivity index (χ4n) is 5.10. The Kier molecular flexibility index (Phi) is 7.60. The number of ketones is 2. The van der Waals surface area contributed by atoms with Crippen molar-refractivity contribution in [3.05, 3.63) is 118 Å². The Balaban J connectivity index is 0.000000161. The van der Waals surface area contributed by atoms with Gasteiger partial charge in [0.15, 0.2) is 11.6 Å². The number of carbonyl (C=O) groups excluding carboxylic acids is 2. The van der Waals surface area contributed by atoms with Crippen molar-refractivity contribution in [2.24, 2.45) is 0 Å². The number of carbonyl (C=O) groups is 2. The predicted molar refractivity (Wildman–Crippen MR) is 163 cm³/mol. The lowest BCUT2D eigenvalue weighted by Gasteiger charge is -2.33. The van der Waals surface area contributed by atoms with Crippen LogP contribution in [0.15, 0.2) is 94.7 Å². The zero-order valence-corrected chi connectivity index (χ0v) is 24.7. The quantitative estimate of drug-likeness (QED) is 0.256. The van der Waals surface area contributed by atoms with Gasteiger partial charge in [-0.15, -0.1) is 23.5 Å². The van der Waals surface area contributed by atoms with Crippen LogP contribution in [-0.4, -0.2) is 33.3 Å². The molecule has 0 spiro atoms. The van der Waals surface area contributed by atoms with Crippen LogP contribution in [0.2, 0.25) is 0 Å². The summed E-state index contributed by atoms with van der Waals surface area (Å²) < 4.78 is 0. The molecule has 4 aromatic rings. The highest BCUT2D eigenvalue weighted by molar-refractivity contribution is 7.99. The maximum Gasteiger partial charge on any atom is 0.175 e. The Bertz CT molecular complexity index is 1470. The van der Waals surface area contributed by atoms with E-state index in [1.54, 1.807) is 66.0 Å². The highest BCUT2D eigenvalue weighted by atomic mass is 32.2. The SMILES string of the molecule is CC1(c2ccc(O)cc2)CSc2cc(O)ccc2C1=O.Cc1ccc(C2(C)CSc3cc(C)ccc3C2=O)cc1. The highest BCUT2D eigenvalue weighted by Crippen LogP contribution is 2.44. The second kappa shape index (κ2) is 10.8. The molecule has 6 heteroatoms. The summed E-state index contributed by atoms with van der Waals surface area (Å²) >= 11 is 3.36. The van der Waals surface area contributed by atoms with Crippen LogP contribution >= 0.6 is 23.5 Å². The van der Waals surface area contributed by atoms with Gasteiger partial charge >= 0.3 is 0 Å².